The molecule has 1 aromatic carbocycles. The van der Waals surface area contributed by atoms with Gasteiger partial charge in [0.2, 0.25) is 5.91 Å². The molecule has 0 heterocycles. The summed E-state index contributed by atoms with van der Waals surface area (Å²) in [5, 5.41) is 2.79. The fraction of sp³-hybridized carbons (Fsp3) is 0.533. The number of hydrogen-bond donors (Lipinski definition) is 2. The third-order valence-corrected chi connectivity index (χ3v) is 4.01. The lowest BCUT2D eigenvalue weighted by Gasteiger charge is -2.37. The molecule has 3 N–H and O–H groups in total. The van der Waals surface area contributed by atoms with Crippen LogP contribution in [0.25, 0.3) is 0 Å². The second-order valence-corrected chi connectivity index (χ2v) is 6.05. The molecule has 1 fully saturated rings. The molecule has 2 rings (SSSR count). The minimum Gasteiger partial charge on any atom is -0.399 e. The van der Waals surface area contributed by atoms with E-state index in [4.69, 9.17) is 5.73 Å². The van der Waals surface area contributed by atoms with Crippen LogP contribution in [0.1, 0.15) is 39.5 Å². The maximum atomic E-state index is 13.2. The first-order chi connectivity index (χ1) is 8.88. The monoisotopic (exact) mass is 264 g/mol. The van der Waals surface area contributed by atoms with Gasteiger partial charge in [0.05, 0.1) is 0 Å². The zero-order valence-corrected chi connectivity index (χ0v) is 11.5. The van der Waals surface area contributed by atoms with Crippen molar-refractivity contribution >= 4 is 17.3 Å². The van der Waals surface area contributed by atoms with Crippen LogP contribution in [0.2, 0.25) is 0 Å². The zero-order chi connectivity index (χ0) is 14.0. The van der Waals surface area contributed by atoms with Crippen molar-refractivity contribution in [2.45, 2.75) is 39.5 Å². The summed E-state index contributed by atoms with van der Waals surface area (Å²) in [5.41, 5.74) is 6.33. The van der Waals surface area contributed by atoms with Gasteiger partial charge in [-0.3, -0.25) is 4.79 Å². The Kier molecular flexibility index (Phi) is 3.78. The topological polar surface area (TPSA) is 55.1 Å². The Morgan fingerprint density at radius 3 is 2.74 bits per heavy atom. The molecule has 104 valence electrons. The van der Waals surface area contributed by atoms with Crippen LogP contribution >= 0.6 is 0 Å². The lowest BCUT2D eigenvalue weighted by molar-refractivity contribution is -0.124. The number of rotatable bonds is 2. The molecule has 0 radical (unpaired) electrons. The molecule has 19 heavy (non-hydrogen) atoms. The van der Waals surface area contributed by atoms with Crippen molar-refractivity contribution in [2.75, 3.05) is 11.1 Å². The zero-order valence-electron chi connectivity index (χ0n) is 11.5. The lowest BCUT2D eigenvalue weighted by Crippen LogP contribution is -2.37. The molecular weight excluding hydrogens is 243 g/mol. The number of nitrogen functional groups attached to an aromatic ring is 1. The fourth-order valence-corrected chi connectivity index (χ4v) is 2.89. The van der Waals surface area contributed by atoms with E-state index in [-0.39, 0.29) is 17.2 Å². The average Bonchev–Trinajstić information content (AvgIpc) is 2.26. The van der Waals surface area contributed by atoms with Gasteiger partial charge in [0.1, 0.15) is 5.82 Å². The molecule has 1 atom stereocenters. The summed E-state index contributed by atoms with van der Waals surface area (Å²) in [6, 6.07) is 4.11. The van der Waals surface area contributed by atoms with Gasteiger partial charge in [-0.2, -0.15) is 0 Å². The van der Waals surface area contributed by atoms with E-state index in [9.17, 15) is 9.18 Å². The van der Waals surface area contributed by atoms with Crippen molar-refractivity contribution in [2.24, 2.45) is 11.3 Å². The lowest BCUT2D eigenvalue weighted by atomic mass is 9.68. The fourth-order valence-electron chi connectivity index (χ4n) is 2.89. The SMILES string of the molecule is CC1(C)CCCCC1C(=O)Nc1cc(N)cc(F)c1. The van der Waals surface area contributed by atoms with Crippen molar-refractivity contribution in [1.29, 1.82) is 0 Å². The van der Waals surface area contributed by atoms with Gasteiger partial charge in [-0.1, -0.05) is 26.7 Å². The highest BCUT2D eigenvalue weighted by molar-refractivity contribution is 5.93. The van der Waals surface area contributed by atoms with Gasteiger partial charge >= 0.3 is 0 Å². The van der Waals surface area contributed by atoms with Crippen LogP contribution in [-0.2, 0) is 4.79 Å². The number of hydrogen-bond acceptors (Lipinski definition) is 2. The third kappa shape index (κ3) is 3.25. The standard InChI is InChI=1S/C15H21FN2O/c1-15(2)6-4-3-5-13(15)14(19)18-12-8-10(16)7-11(17)9-12/h7-9,13H,3-6,17H2,1-2H3,(H,18,19). The van der Waals surface area contributed by atoms with Gasteiger partial charge in [0, 0.05) is 17.3 Å². The summed E-state index contributed by atoms with van der Waals surface area (Å²) in [7, 11) is 0. The van der Waals surface area contributed by atoms with Crippen molar-refractivity contribution in [3.63, 3.8) is 0 Å². The van der Waals surface area contributed by atoms with Gasteiger partial charge in [-0.15, -0.1) is 0 Å². The summed E-state index contributed by atoms with van der Waals surface area (Å²) < 4.78 is 13.2. The van der Waals surface area contributed by atoms with Gasteiger partial charge in [0.25, 0.3) is 0 Å². The second-order valence-electron chi connectivity index (χ2n) is 6.05. The summed E-state index contributed by atoms with van der Waals surface area (Å²) in [6.45, 7) is 4.24. The van der Waals surface area contributed by atoms with E-state index in [2.05, 4.69) is 19.2 Å². The summed E-state index contributed by atoms with van der Waals surface area (Å²) in [4.78, 5) is 12.3. The predicted molar refractivity (Wildman–Crippen MR) is 75.2 cm³/mol. The number of amides is 1. The molecule has 3 nitrogen and oxygen atoms in total. The maximum absolute atomic E-state index is 13.2. The van der Waals surface area contributed by atoms with Gasteiger partial charge < -0.3 is 11.1 Å². The summed E-state index contributed by atoms with van der Waals surface area (Å²) in [5.74, 6) is -0.487. The van der Waals surface area contributed by atoms with E-state index in [1.165, 1.54) is 18.6 Å². The Morgan fingerprint density at radius 1 is 1.37 bits per heavy atom. The van der Waals surface area contributed by atoms with Crippen molar-refractivity contribution in [3.05, 3.63) is 24.0 Å². The molecule has 0 aliphatic heterocycles. The number of nitrogens with two attached hydrogens (primary N) is 1. The first-order valence-electron chi connectivity index (χ1n) is 6.75. The smallest absolute Gasteiger partial charge is 0.228 e. The number of carbonyl (C=O) groups is 1. The Morgan fingerprint density at radius 2 is 2.11 bits per heavy atom. The van der Waals surface area contributed by atoms with E-state index in [1.54, 1.807) is 6.07 Å². The molecule has 1 aromatic rings. The largest absolute Gasteiger partial charge is 0.399 e. The quantitative estimate of drug-likeness (QED) is 0.802. The molecule has 4 heteroatoms. The second kappa shape index (κ2) is 5.19. The molecule has 0 spiro atoms. The van der Waals surface area contributed by atoms with Crippen LogP contribution in [0.15, 0.2) is 18.2 Å². The van der Waals surface area contributed by atoms with Crippen LogP contribution in [0, 0.1) is 17.2 Å². The normalized spacial score (nSPS) is 21.9. The van der Waals surface area contributed by atoms with Gasteiger partial charge in [-0.25, -0.2) is 4.39 Å². The average molecular weight is 264 g/mol. The van der Waals surface area contributed by atoms with E-state index in [0.29, 0.717) is 11.4 Å². The Bertz CT molecular complexity index is 465. The highest BCUT2D eigenvalue weighted by Crippen LogP contribution is 2.41. The van der Waals surface area contributed by atoms with Crippen LogP contribution in [0.3, 0.4) is 0 Å². The maximum Gasteiger partial charge on any atom is 0.228 e. The Hall–Kier alpha value is -1.58. The minimum atomic E-state index is -0.432. The van der Waals surface area contributed by atoms with Gasteiger partial charge in [-0.05, 0) is 36.5 Å². The molecule has 0 saturated heterocycles. The number of carbonyl (C=O) groups excluding carboxylic acids is 1. The number of halogens is 1. The Balaban J connectivity index is 2.12. The van der Waals surface area contributed by atoms with E-state index >= 15 is 0 Å². The molecule has 0 aromatic heterocycles. The van der Waals surface area contributed by atoms with Gasteiger partial charge in [0.15, 0.2) is 0 Å². The predicted octanol–water partition coefficient (Wildman–Crippen LogP) is 3.56. The first kappa shape index (κ1) is 13.8. The molecular formula is C15H21FN2O. The third-order valence-electron chi connectivity index (χ3n) is 4.01. The van der Waals surface area contributed by atoms with Crippen LogP contribution in [0.4, 0.5) is 15.8 Å². The molecule has 1 saturated carbocycles. The van der Waals surface area contributed by atoms with Crippen molar-refractivity contribution in [1.82, 2.24) is 0 Å². The number of anilines is 2. The Labute approximate surface area is 113 Å². The van der Waals surface area contributed by atoms with E-state index in [1.807, 2.05) is 0 Å². The minimum absolute atomic E-state index is 0.00119. The molecule has 0 bridgehead atoms. The van der Waals surface area contributed by atoms with Crippen molar-refractivity contribution in [3.8, 4) is 0 Å². The molecule has 1 unspecified atom stereocenters. The number of benzene rings is 1. The first-order valence-corrected chi connectivity index (χ1v) is 6.75. The van der Waals surface area contributed by atoms with Crippen LogP contribution < -0.4 is 11.1 Å². The highest BCUT2D eigenvalue weighted by atomic mass is 19.1. The summed E-state index contributed by atoms with van der Waals surface area (Å²) >= 11 is 0. The highest BCUT2D eigenvalue weighted by Gasteiger charge is 2.37. The summed E-state index contributed by atoms with van der Waals surface area (Å²) in [6.07, 6.45) is 4.19. The van der Waals surface area contributed by atoms with Crippen LogP contribution in [0.5, 0.6) is 0 Å². The van der Waals surface area contributed by atoms with Crippen molar-refractivity contribution < 1.29 is 9.18 Å². The molecule has 1 aliphatic rings. The van der Waals surface area contributed by atoms with Crippen LogP contribution in [-0.4, -0.2) is 5.91 Å². The number of nitrogens with one attached hydrogen (secondary N) is 1. The molecule has 1 aliphatic carbocycles. The molecule has 1 amide bonds. The van der Waals surface area contributed by atoms with E-state index < -0.39 is 5.82 Å². The van der Waals surface area contributed by atoms with E-state index in [0.717, 1.165) is 19.3 Å².